The van der Waals surface area contributed by atoms with Crippen molar-refractivity contribution in [2.45, 2.75) is 38.1 Å². The largest absolute Gasteiger partial charge is 0.269 e. The maximum Gasteiger partial charge on any atom is 0.269 e. The van der Waals surface area contributed by atoms with Crippen LogP contribution in [0.3, 0.4) is 0 Å². The fourth-order valence-corrected chi connectivity index (χ4v) is 3.81. The van der Waals surface area contributed by atoms with E-state index in [1.807, 2.05) is 6.07 Å². The van der Waals surface area contributed by atoms with Gasteiger partial charge in [-0.15, -0.1) is 0 Å². The number of hydrogen-bond acceptors (Lipinski definition) is 4. The van der Waals surface area contributed by atoms with Crippen molar-refractivity contribution >= 4 is 21.8 Å². The van der Waals surface area contributed by atoms with Gasteiger partial charge in [-0.05, 0) is 57.5 Å². The number of carbonyl (C=O) groups is 2. The molecule has 0 aliphatic rings. The summed E-state index contributed by atoms with van der Waals surface area (Å²) >= 11 is 0. The highest BCUT2D eigenvalue weighted by molar-refractivity contribution is 7.89. The molecule has 144 valence electrons. The Morgan fingerprint density at radius 3 is 2.15 bits per heavy atom. The molecule has 0 heterocycles. The van der Waals surface area contributed by atoms with Crippen molar-refractivity contribution in [3.63, 3.8) is 0 Å². The Bertz CT molecular complexity index is 963. The number of rotatable bonds is 4. The lowest BCUT2D eigenvalue weighted by molar-refractivity contribution is 0.0846. The minimum atomic E-state index is -3.77. The van der Waals surface area contributed by atoms with E-state index in [0.29, 0.717) is 5.56 Å². The highest BCUT2D eigenvalue weighted by atomic mass is 32.2. The van der Waals surface area contributed by atoms with Crippen LogP contribution in [0.1, 0.15) is 47.1 Å². The number of nitrogens with one attached hydrogen (secondary N) is 3. The van der Waals surface area contributed by atoms with Crippen LogP contribution in [0.2, 0.25) is 0 Å². The molecule has 0 unspecified atom stereocenters. The molecule has 0 saturated heterocycles. The Kier molecular flexibility index (Phi) is 6.02. The number of hydrazine groups is 1. The van der Waals surface area contributed by atoms with Gasteiger partial charge in [-0.2, -0.15) is 0 Å². The quantitative estimate of drug-likeness (QED) is 0.697. The van der Waals surface area contributed by atoms with E-state index in [4.69, 9.17) is 0 Å². The number of carbonyl (C=O) groups excluding carboxylic acids is 2. The lowest BCUT2D eigenvalue weighted by Crippen LogP contribution is -2.42. The SMILES string of the molecule is Cc1ccccc1C(=O)NNC(=O)c1cccc(S(=O)(=O)NC(C)(C)C)c1. The zero-order valence-corrected chi connectivity index (χ0v) is 16.5. The molecule has 0 aliphatic carbocycles. The Labute approximate surface area is 159 Å². The molecule has 0 fully saturated rings. The van der Waals surface area contributed by atoms with Gasteiger partial charge in [-0.1, -0.05) is 24.3 Å². The van der Waals surface area contributed by atoms with Gasteiger partial charge >= 0.3 is 0 Å². The molecule has 2 rings (SSSR count). The second-order valence-electron chi connectivity index (χ2n) is 7.11. The van der Waals surface area contributed by atoms with Crippen LogP contribution in [-0.2, 0) is 10.0 Å². The second-order valence-corrected chi connectivity index (χ2v) is 8.79. The number of hydrogen-bond donors (Lipinski definition) is 3. The summed E-state index contributed by atoms with van der Waals surface area (Å²) in [5.74, 6) is -1.08. The molecule has 0 radical (unpaired) electrons. The minimum absolute atomic E-state index is 0.0321. The van der Waals surface area contributed by atoms with Crippen molar-refractivity contribution in [1.82, 2.24) is 15.6 Å². The lowest BCUT2D eigenvalue weighted by atomic mass is 10.1. The Balaban J connectivity index is 2.12. The minimum Gasteiger partial charge on any atom is -0.267 e. The van der Waals surface area contributed by atoms with Crippen LogP contribution in [0.4, 0.5) is 0 Å². The maximum absolute atomic E-state index is 12.4. The van der Waals surface area contributed by atoms with Crippen LogP contribution < -0.4 is 15.6 Å². The second kappa shape index (κ2) is 7.89. The van der Waals surface area contributed by atoms with Crippen molar-refractivity contribution in [2.24, 2.45) is 0 Å². The molecule has 0 spiro atoms. The van der Waals surface area contributed by atoms with Crippen molar-refractivity contribution in [3.05, 3.63) is 65.2 Å². The van der Waals surface area contributed by atoms with Gasteiger partial charge in [0.15, 0.2) is 0 Å². The van der Waals surface area contributed by atoms with Gasteiger partial charge in [0.25, 0.3) is 11.8 Å². The summed E-state index contributed by atoms with van der Waals surface area (Å²) in [6, 6.07) is 12.5. The summed E-state index contributed by atoms with van der Waals surface area (Å²) in [5, 5.41) is 0. The predicted octanol–water partition coefficient (Wildman–Crippen LogP) is 2.15. The first-order valence-corrected chi connectivity index (χ1v) is 9.78. The molecule has 27 heavy (non-hydrogen) atoms. The molecule has 0 bridgehead atoms. The van der Waals surface area contributed by atoms with E-state index in [0.717, 1.165) is 5.56 Å². The standard InChI is InChI=1S/C19H23N3O4S/c1-13-8-5-6-11-16(13)18(24)21-20-17(23)14-9-7-10-15(12-14)27(25,26)22-19(2,3)4/h5-12,22H,1-4H3,(H,20,23)(H,21,24). The summed E-state index contributed by atoms with van der Waals surface area (Å²) in [5.41, 5.74) is 5.29. The van der Waals surface area contributed by atoms with Gasteiger partial charge in [0.1, 0.15) is 0 Å². The molecular weight excluding hydrogens is 366 g/mol. The van der Waals surface area contributed by atoms with Gasteiger partial charge < -0.3 is 0 Å². The average Bonchev–Trinajstić information content (AvgIpc) is 2.58. The Morgan fingerprint density at radius 1 is 0.889 bits per heavy atom. The zero-order chi connectivity index (χ0) is 20.2. The summed E-state index contributed by atoms with van der Waals surface area (Å²) in [4.78, 5) is 24.4. The number of benzene rings is 2. The predicted molar refractivity (Wildman–Crippen MR) is 103 cm³/mol. The molecule has 0 atom stereocenters. The molecule has 2 amide bonds. The van der Waals surface area contributed by atoms with Crippen molar-refractivity contribution in [1.29, 1.82) is 0 Å². The van der Waals surface area contributed by atoms with Crippen LogP contribution in [-0.4, -0.2) is 25.8 Å². The zero-order valence-electron chi connectivity index (χ0n) is 15.7. The molecule has 8 heteroatoms. The van der Waals surface area contributed by atoms with E-state index in [2.05, 4.69) is 15.6 Å². The molecule has 7 nitrogen and oxygen atoms in total. The summed E-state index contributed by atoms with van der Waals surface area (Å²) in [6.07, 6.45) is 0. The lowest BCUT2D eigenvalue weighted by Gasteiger charge is -2.20. The van der Waals surface area contributed by atoms with Crippen molar-refractivity contribution < 1.29 is 18.0 Å². The van der Waals surface area contributed by atoms with E-state index >= 15 is 0 Å². The van der Waals surface area contributed by atoms with Gasteiger partial charge in [0, 0.05) is 16.7 Å². The fraction of sp³-hybridized carbons (Fsp3) is 0.263. The van der Waals surface area contributed by atoms with E-state index < -0.39 is 27.4 Å². The number of sulfonamides is 1. The monoisotopic (exact) mass is 389 g/mol. The molecule has 3 N–H and O–H groups in total. The maximum atomic E-state index is 12.4. The Hall–Kier alpha value is -2.71. The van der Waals surface area contributed by atoms with Crippen LogP contribution in [0, 0.1) is 6.92 Å². The highest BCUT2D eigenvalue weighted by Gasteiger charge is 2.23. The van der Waals surface area contributed by atoms with Crippen LogP contribution >= 0.6 is 0 Å². The molecule has 2 aromatic carbocycles. The first-order chi connectivity index (χ1) is 12.5. The van der Waals surface area contributed by atoms with Gasteiger partial charge in [-0.3, -0.25) is 20.4 Å². The summed E-state index contributed by atoms with van der Waals surface area (Å²) < 4.78 is 27.3. The van der Waals surface area contributed by atoms with Crippen LogP contribution in [0.15, 0.2) is 53.4 Å². The van der Waals surface area contributed by atoms with Crippen LogP contribution in [0.25, 0.3) is 0 Å². The van der Waals surface area contributed by atoms with Crippen molar-refractivity contribution in [3.8, 4) is 0 Å². The average molecular weight is 389 g/mol. The number of aryl methyl sites for hydroxylation is 1. The highest BCUT2D eigenvalue weighted by Crippen LogP contribution is 2.14. The van der Waals surface area contributed by atoms with Gasteiger partial charge in [0.05, 0.1) is 4.90 Å². The smallest absolute Gasteiger partial charge is 0.267 e. The van der Waals surface area contributed by atoms with E-state index in [1.165, 1.54) is 24.3 Å². The first kappa shape index (κ1) is 20.6. The summed E-state index contributed by atoms with van der Waals surface area (Å²) in [7, 11) is -3.77. The van der Waals surface area contributed by atoms with Crippen LogP contribution in [0.5, 0.6) is 0 Å². The van der Waals surface area contributed by atoms with E-state index in [9.17, 15) is 18.0 Å². The van der Waals surface area contributed by atoms with Gasteiger partial charge in [0.2, 0.25) is 10.0 Å². The van der Waals surface area contributed by atoms with E-state index in [1.54, 1.807) is 45.9 Å². The molecule has 0 aromatic heterocycles. The first-order valence-electron chi connectivity index (χ1n) is 8.30. The van der Waals surface area contributed by atoms with Crippen molar-refractivity contribution in [2.75, 3.05) is 0 Å². The summed E-state index contributed by atoms with van der Waals surface area (Å²) in [6.45, 7) is 6.96. The fourth-order valence-electron chi connectivity index (χ4n) is 2.35. The molecule has 0 saturated carbocycles. The number of amides is 2. The molecular formula is C19H23N3O4S. The van der Waals surface area contributed by atoms with Gasteiger partial charge in [-0.25, -0.2) is 13.1 Å². The van der Waals surface area contributed by atoms with E-state index in [-0.39, 0.29) is 10.5 Å². The third kappa shape index (κ3) is 5.63. The Morgan fingerprint density at radius 2 is 1.52 bits per heavy atom. The third-order valence-electron chi connectivity index (χ3n) is 3.53. The normalized spacial score (nSPS) is 11.7. The molecule has 2 aromatic rings. The molecule has 0 aliphatic heterocycles. The third-order valence-corrected chi connectivity index (χ3v) is 5.28. The topological polar surface area (TPSA) is 104 Å².